The number of ether oxygens (including phenoxy) is 1. The number of esters is 1. The Bertz CT molecular complexity index is 1160. The maximum Gasteiger partial charge on any atom is 0.338 e. The van der Waals surface area contributed by atoms with E-state index in [1.807, 2.05) is 18.4 Å². The van der Waals surface area contributed by atoms with Crippen molar-refractivity contribution in [3.05, 3.63) is 82.8 Å². The third-order valence-electron chi connectivity index (χ3n) is 5.01. The van der Waals surface area contributed by atoms with E-state index >= 15 is 0 Å². The van der Waals surface area contributed by atoms with Crippen LogP contribution in [0.4, 0.5) is 5.69 Å². The summed E-state index contributed by atoms with van der Waals surface area (Å²) in [4.78, 5) is 26.2. The molecule has 164 valence electrons. The maximum absolute atomic E-state index is 12.9. The molecule has 32 heavy (non-hydrogen) atoms. The first-order valence-electron chi connectivity index (χ1n) is 9.76. The number of halogens is 1. The van der Waals surface area contributed by atoms with Gasteiger partial charge >= 0.3 is 5.97 Å². The lowest BCUT2D eigenvalue weighted by Crippen LogP contribution is -2.31. The van der Waals surface area contributed by atoms with Gasteiger partial charge in [-0.25, -0.2) is 9.80 Å². The molecule has 2 heterocycles. The Morgan fingerprint density at radius 1 is 1.25 bits per heavy atom. The number of rotatable bonds is 6. The lowest BCUT2D eigenvalue weighted by atomic mass is 10.0. The zero-order valence-electron chi connectivity index (χ0n) is 17.2. The molecule has 7 nitrogen and oxygen atoms in total. The van der Waals surface area contributed by atoms with Gasteiger partial charge in [-0.2, -0.15) is 5.10 Å². The van der Waals surface area contributed by atoms with Gasteiger partial charge in [0.15, 0.2) is 6.61 Å². The van der Waals surface area contributed by atoms with Crippen molar-refractivity contribution >= 4 is 46.6 Å². The van der Waals surface area contributed by atoms with Gasteiger partial charge in [0.2, 0.25) is 0 Å². The molecule has 0 aliphatic carbocycles. The van der Waals surface area contributed by atoms with E-state index in [-0.39, 0.29) is 0 Å². The second-order valence-corrected chi connectivity index (χ2v) is 8.34. The molecule has 0 bridgehead atoms. The summed E-state index contributed by atoms with van der Waals surface area (Å²) in [7, 11) is 0. The zero-order valence-corrected chi connectivity index (χ0v) is 18.7. The fourth-order valence-electron chi connectivity index (χ4n) is 3.37. The lowest BCUT2D eigenvalue weighted by molar-refractivity contribution is -0.136. The van der Waals surface area contributed by atoms with Crippen LogP contribution in [0.15, 0.2) is 75.3 Å². The summed E-state index contributed by atoms with van der Waals surface area (Å²) in [6.45, 7) is -0.452. The van der Waals surface area contributed by atoms with Crippen LogP contribution in [0, 0.1) is 0 Å². The number of nitrogens with two attached hydrogens (primary N) is 1. The van der Waals surface area contributed by atoms with Crippen molar-refractivity contribution in [2.45, 2.75) is 17.4 Å². The molecule has 2 N–H and O–H groups in total. The van der Waals surface area contributed by atoms with Crippen LogP contribution in [0.5, 0.6) is 0 Å². The Morgan fingerprint density at radius 2 is 2.03 bits per heavy atom. The third-order valence-corrected chi connectivity index (χ3v) is 6.06. The molecule has 1 atom stereocenters. The monoisotopic (exact) mass is 469 g/mol. The molecule has 0 radical (unpaired) electrons. The van der Waals surface area contributed by atoms with Gasteiger partial charge in [0.25, 0.3) is 5.91 Å². The number of carbonyl (C=O) groups is 2. The molecule has 3 aromatic rings. The maximum atomic E-state index is 12.9. The molecule has 0 fully saturated rings. The first kappa shape index (κ1) is 22.0. The normalized spacial score (nSPS) is 15.5. The number of carbonyl (C=O) groups excluding carboxylic acids is 2. The average Bonchev–Trinajstić information content (AvgIpc) is 3.48. The van der Waals surface area contributed by atoms with E-state index < -0.39 is 24.5 Å². The molecular weight excluding hydrogens is 450 g/mol. The minimum Gasteiger partial charge on any atom is -0.467 e. The first-order valence-corrected chi connectivity index (χ1v) is 11.4. The van der Waals surface area contributed by atoms with Crippen molar-refractivity contribution in [2.24, 2.45) is 5.10 Å². The summed E-state index contributed by atoms with van der Waals surface area (Å²) in [6, 6.07) is 15.2. The molecule has 1 aromatic heterocycles. The predicted molar refractivity (Wildman–Crippen MR) is 124 cm³/mol. The Labute approximate surface area is 194 Å². The smallest absolute Gasteiger partial charge is 0.338 e. The number of nitrogen functional groups attached to an aromatic ring is 1. The Morgan fingerprint density at radius 3 is 2.72 bits per heavy atom. The molecule has 1 aliphatic rings. The number of nitrogens with zero attached hydrogens (tertiary/aromatic N) is 2. The van der Waals surface area contributed by atoms with Gasteiger partial charge in [-0.1, -0.05) is 23.7 Å². The van der Waals surface area contributed by atoms with E-state index in [9.17, 15) is 9.59 Å². The molecule has 1 aliphatic heterocycles. The van der Waals surface area contributed by atoms with Gasteiger partial charge in [-0.15, -0.1) is 11.8 Å². The van der Waals surface area contributed by atoms with E-state index in [0.717, 1.165) is 10.5 Å². The van der Waals surface area contributed by atoms with Crippen LogP contribution in [0.25, 0.3) is 0 Å². The van der Waals surface area contributed by atoms with Gasteiger partial charge in [-0.3, -0.25) is 4.79 Å². The fraction of sp³-hybridized carbons (Fsp3) is 0.174. The van der Waals surface area contributed by atoms with Crippen molar-refractivity contribution in [1.29, 1.82) is 0 Å². The molecule has 0 saturated heterocycles. The third kappa shape index (κ3) is 4.66. The fourth-order valence-corrected chi connectivity index (χ4v) is 4.05. The topological polar surface area (TPSA) is 98.1 Å². The quantitative estimate of drug-likeness (QED) is 0.317. The van der Waals surface area contributed by atoms with Crippen LogP contribution >= 0.6 is 23.4 Å². The van der Waals surface area contributed by atoms with E-state index in [1.165, 1.54) is 16.8 Å². The van der Waals surface area contributed by atoms with Crippen LogP contribution < -0.4 is 5.73 Å². The Kier molecular flexibility index (Phi) is 6.53. The van der Waals surface area contributed by atoms with E-state index in [0.29, 0.717) is 34.2 Å². The number of anilines is 1. The molecule has 0 spiro atoms. The average molecular weight is 470 g/mol. The summed E-state index contributed by atoms with van der Waals surface area (Å²) in [5.41, 5.74) is 8.34. The highest BCUT2D eigenvalue weighted by atomic mass is 35.5. The number of thioether (sulfide) groups is 1. The highest BCUT2D eigenvalue weighted by Crippen LogP contribution is 2.33. The van der Waals surface area contributed by atoms with E-state index in [4.69, 9.17) is 26.5 Å². The summed E-state index contributed by atoms with van der Waals surface area (Å²) >= 11 is 7.41. The first-order chi connectivity index (χ1) is 15.5. The minimum absolute atomic E-state index is 0.325. The van der Waals surface area contributed by atoms with Gasteiger partial charge in [0.1, 0.15) is 11.8 Å². The minimum atomic E-state index is -0.607. The second kappa shape index (κ2) is 9.50. The predicted octanol–water partition coefficient (Wildman–Crippen LogP) is 4.77. The zero-order chi connectivity index (χ0) is 22.7. The van der Waals surface area contributed by atoms with Gasteiger partial charge in [0.05, 0.1) is 17.5 Å². The van der Waals surface area contributed by atoms with Crippen LogP contribution in [-0.2, 0) is 9.53 Å². The number of furan rings is 1. The Hall–Kier alpha value is -3.23. The van der Waals surface area contributed by atoms with E-state index in [2.05, 4.69) is 5.10 Å². The molecule has 0 unspecified atom stereocenters. The van der Waals surface area contributed by atoms with E-state index in [1.54, 1.807) is 48.7 Å². The Balaban J connectivity index is 1.50. The van der Waals surface area contributed by atoms with Crippen molar-refractivity contribution in [1.82, 2.24) is 5.01 Å². The number of amides is 1. The highest BCUT2D eigenvalue weighted by Gasteiger charge is 2.35. The molecule has 4 rings (SSSR count). The van der Waals surface area contributed by atoms with Crippen molar-refractivity contribution < 1.29 is 18.7 Å². The summed E-state index contributed by atoms with van der Waals surface area (Å²) in [5.74, 6) is -0.464. The summed E-state index contributed by atoms with van der Waals surface area (Å²) in [5, 5.41) is 6.43. The molecule has 2 aromatic carbocycles. The number of hydrazone groups is 1. The van der Waals surface area contributed by atoms with Gasteiger partial charge in [-0.05, 0) is 54.3 Å². The summed E-state index contributed by atoms with van der Waals surface area (Å²) < 4.78 is 10.8. The van der Waals surface area contributed by atoms with Crippen molar-refractivity contribution in [2.75, 3.05) is 18.6 Å². The van der Waals surface area contributed by atoms with Crippen LogP contribution in [-0.4, -0.2) is 35.5 Å². The van der Waals surface area contributed by atoms with Crippen LogP contribution in [0.1, 0.15) is 34.1 Å². The van der Waals surface area contributed by atoms with Gasteiger partial charge < -0.3 is 14.9 Å². The standard InChI is InChI=1S/C23H20ClN3O4S/c1-32-21-11-15(6-9-17(21)25)23(29)31-13-22(28)27-19(20-3-2-10-30-20)12-18(26-27)14-4-7-16(24)8-5-14/h2-11,19H,12-13,25H2,1H3/t19-/m1/s1. The van der Waals surface area contributed by atoms with Gasteiger partial charge in [0, 0.05) is 22.0 Å². The molecule has 1 amide bonds. The molecular formula is C23H20ClN3O4S. The summed E-state index contributed by atoms with van der Waals surface area (Å²) in [6.07, 6.45) is 3.87. The largest absolute Gasteiger partial charge is 0.467 e. The molecule has 0 saturated carbocycles. The number of hydrogen-bond acceptors (Lipinski definition) is 7. The number of benzene rings is 2. The molecule has 9 heteroatoms. The second-order valence-electron chi connectivity index (χ2n) is 7.06. The van der Waals surface area contributed by atoms with Crippen molar-refractivity contribution in [3.63, 3.8) is 0 Å². The SMILES string of the molecule is CSc1cc(C(=O)OCC(=O)N2N=C(c3ccc(Cl)cc3)C[C@@H]2c2ccco2)ccc1N. The van der Waals surface area contributed by atoms with Crippen LogP contribution in [0.2, 0.25) is 5.02 Å². The lowest BCUT2D eigenvalue weighted by Gasteiger charge is -2.19. The van der Waals surface area contributed by atoms with Crippen molar-refractivity contribution in [3.8, 4) is 0 Å². The highest BCUT2D eigenvalue weighted by molar-refractivity contribution is 7.98. The number of hydrogen-bond donors (Lipinski definition) is 1. The van der Waals surface area contributed by atoms with Crippen LogP contribution in [0.3, 0.4) is 0 Å².